The summed E-state index contributed by atoms with van der Waals surface area (Å²) in [4.78, 5) is 23.5. The Labute approximate surface area is 182 Å². The van der Waals surface area contributed by atoms with Gasteiger partial charge in [-0.1, -0.05) is 12.1 Å². The van der Waals surface area contributed by atoms with E-state index in [4.69, 9.17) is 9.47 Å². The predicted octanol–water partition coefficient (Wildman–Crippen LogP) is 3.32. The monoisotopic (exact) mass is 438 g/mol. The third kappa shape index (κ3) is 3.68. The first-order valence-corrected chi connectivity index (χ1v) is 10.0. The Kier molecular flexibility index (Phi) is 5.06. The largest absolute Gasteiger partial charge is 0.454 e. The molecule has 0 aliphatic carbocycles. The second-order valence-corrected chi connectivity index (χ2v) is 7.27. The van der Waals surface area contributed by atoms with Crippen molar-refractivity contribution in [2.75, 3.05) is 48.1 Å². The summed E-state index contributed by atoms with van der Waals surface area (Å²) in [7, 11) is 0. The molecular formula is C21H19FN6O4. The lowest BCUT2D eigenvalue weighted by Crippen LogP contribution is -2.47. The molecule has 0 saturated carbocycles. The van der Waals surface area contributed by atoms with Gasteiger partial charge in [-0.25, -0.2) is 14.4 Å². The van der Waals surface area contributed by atoms with Crippen LogP contribution >= 0.6 is 0 Å². The number of rotatable bonds is 5. The molecule has 1 saturated heterocycles. The highest BCUT2D eigenvalue weighted by Crippen LogP contribution is 2.38. The Hall–Kier alpha value is -4.15. The minimum absolute atomic E-state index is 0.0791. The number of nitrogens with one attached hydrogen (secondary N) is 1. The summed E-state index contributed by atoms with van der Waals surface area (Å²) < 4.78 is 24.8. The molecule has 3 heterocycles. The van der Waals surface area contributed by atoms with Gasteiger partial charge in [0.2, 0.25) is 18.4 Å². The van der Waals surface area contributed by atoms with Crippen LogP contribution < -0.4 is 24.6 Å². The number of para-hydroxylation sites is 1. The first-order chi connectivity index (χ1) is 15.6. The summed E-state index contributed by atoms with van der Waals surface area (Å²) in [6, 6.07) is 11.7. The fourth-order valence-corrected chi connectivity index (χ4v) is 3.84. The van der Waals surface area contributed by atoms with Crippen molar-refractivity contribution in [1.29, 1.82) is 0 Å². The van der Waals surface area contributed by atoms with E-state index in [1.807, 2.05) is 9.80 Å². The third-order valence-corrected chi connectivity index (χ3v) is 5.39. The van der Waals surface area contributed by atoms with Crippen molar-refractivity contribution in [3.05, 3.63) is 64.7 Å². The van der Waals surface area contributed by atoms with Crippen LogP contribution in [0.1, 0.15) is 0 Å². The van der Waals surface area contributed by atoms with E-state index in [2.05, 4.69) is 15.3 Å². The van der Waals surface area contributed by atoms with Crippen molar-refractivity contribution >= 4 is 28.7 Å². The number of nitro groups is 1. The molecule has 5 rings (SSSR count). The fourth-order valence-electron chi connectivity index (χ4n) is 3.84. The zero-order valence-electron chi connectivity index (χ0n) is 16.9. The molecule has 11 heteroatoms. The van der Waals surface area contributed by atoms with Gasteiger partial charge >= 0.3 is 5.69 Å². The van der Waals surface area contributed by atoms with Crippen LogP contribution in [0, 0.1) is 15.9 Å². The number of aromatic nitrogens is 2. The maximum absolute atomic E-state index is 14.1. The smallest absolute Gasteiger partial charge is 0.353 e. The van der Waals surface area contributed by atoms with Crippen molar-refractivity contribution in [1.82, 2.24) is 9.97 Å². The number of anilines is 4. The molecule has 3 aromatic rings. The highest BCUT2D eigenvalue weighted by Gasteiger charge is 2.30. The zero-order valence-corrected chi connectivity index (χ0v) is 16.9. The minimum Gasteiger partial charge on any atom is -0.454 e. The standard InChI is InChI=1S/C21H19FN6O4/c22-15-3-1-2-4-16(15)26-7-9-27(10-8-26)21-19(28(29)30)20(23-12-24-21)25-14-5-6-17-18(11-14)32-13-31-17/h1-6,11-12H,7-10,13H2,(H,23,24,25). The molecule has 0 amide bonds. The molecule has 0 bridgehead atoms. The zero-order chi connectivity index (χ0) is 22.1. The van der Waals surface area contributed by atoms with Crippen LogP contribution in [0.15, 0.2) is 48.8 Å². The minimum atomic E-state index is -0.492. The molecule has 0 unspecified atom stereocenters. The van der Waals surface area contributed by atoms with E-state index in [1.54, 1.807) is 36.4 Å². The van der Waals surface area contributed by atoms with Crippen molar-refractivity contribution in [2.24, 2.45) is 0 Å². The Morgan fingerprint density at radius 2 is 1.75 bits per heavy atom. The Morgan fingerprint density at radius 3 is 2.53 bits per heavy atom. The van der Waals surface area contributed by atoms with Crippen LogP contribution in [0.3, 0.4) is 0 Å². The van der Waals surface area contributed by atoms with Crippen LogP contribution in [0.2, 0.25) is 0 Å². The summed E-state index contributed by atoms with van der Waals surface area (Å²) >= 11 is 0. The summed E-state index contributed by atoms with van der Waals surface area (Å²) in [6.45, 7) is 2.06. The lowest BCUT2D eigenvalue weighted by molar-refractivity contribution is -0.383. The average molecular weight is 438 g/mol. The average Bonchev–Trinajstić information content (AvgIpc) is 3.27. The molecule has 0 atom stereocenters. The molecule has 2 aliphatic heterocycles. The second-order valence-electron chi connectivity index (χ2n) is 7.27. The maximum Gasteiger partial charge on any atom is 0.353 e. The fraction of sp³-hybridized carbons (Fsp3) is 0.238. The van der Waals surface area contributed by atoms with Gasteiger partial charge < -0.3 is 24.6 Å². The van der Waals surface area contributed by atoms with Gasteiger partial charge in [0.15, 0.2) is 11.5 Å². The van der Waals surface area contributed by atoms with Crippen molar-refractivity contribution in [3.63, 3.8) is 0 Å². The van der Waals surface area contributed by atoms with Crippen LogP contribution in [-0.2, 0) is 0 Å². The number of piperazine rings is 1. The van der Waals surface area contributed by atoms with Gasteiger partial charge in [0.25, 0.3) is 0 Å². The van der Waals surface area contributed by atoms with Crippen molar-refractivity contribution < 1.29 is 18.8 Å². The van der Waals surface area contributed by atoms with Gasteiger partial charge in [-0.2, -0.15) is 0 Å². The van der Waals surface area contributed by atoms with Gasteiger partial charge in [0.05, 0.1) is 10.6 Å². The van der Waals surface area contributed by atoms with Gasteiger partial charge in [-0.15, -0.1) is 0 Å². The van der Waals surface area contributed by atoms with Gasteiger partial charge in [-0.05, 0) is 24.3 Å². The Bertz CT molecular complexity index is 1170. The SMILES string of the molecule is O=[N+]([O-])c1c(Nc2ccc3c(c2)OCO3)ncnc1N1CCN(c2ccccc2F)CC1. The van der Waals surface area contributed by atoms with Gasteiger partial charge in [0.1, 0.15) is 12.1 Å². The summed E-state index contributed by atoms with van der Waals surface area (Å²) in [5.74, 6) is 1.18. The molecule has 2 aromatic carbocycles. The van der Waals surface area contributed by atoms with E-state index >= 15 is 0 Å². The number of benzene rings is 2. The van der Waals surface area contributed by atoms with E-state index in [1.165, 1.54) is 12.4 Å². The summed E-state index contributed by atoms with van der Waals surface area (Å²) in [6.07, 6.45) is 1.29. The molecule has 2 aliphatic rings. The highest BCUT2D eigenvalue weighted by molar-refractivity contribution is 5.75. The van der Waals surface area contributed by atoms with Crippen LogP contribution in [0.4, 0.5) is 33.1 Å². The number of hydrogen-bond acceptors (Lipinski definition) is 9. The number of hydrogen-bond donors (Lipinski definition) is 1. The molecule has 1 aromatic heterocycles. The molecule has 0 spiro atoms. The van der Waals surface area contributed by atoms with Crippen LogP contribution in [0.25, 0.3) is 0 Å². The molecule has 164 valence electrons. The predicted molar refractivity (Wildman–Crippen MR) is 115 cm³/mol. The van der Waals surface area contributed by atoms with Crippen molar-refractivity contribution in [2.45, 2.75) is 0 Å². The van der Waals surface area contributed by atoms with Crippen LogP contribution in [-0.4, -0.2) is 47.9 Å². The molecular weight excluding hydrogens is 419 g/mol. The number of ether oxygens (including phenoxy) is 2. The quantitative estimate of drug-likeness (QED) is 0.474. The van der Waals surface area contributed by atoms with Crippen LogP contribution in [0.5, 0.6) is 11.5 Å². The normalized spacial score (nSPS) is 15.0. The molecule has 1 fully saturated rings. The molecule has 32 heavy (non-hydrogen) atoms. The first-order valence-electron chi connectivity index (χ1n) is 10.0. The van der Waals surface area contributed by atoms with Gasteiger partial charge in [-0.3, -0.25) is 10.1 Å². The number of halogens is 1. The van der Waals surface area contributed by atoms with E-state index in [9.17, 15) is 14.5 Å². The molecule has 1 N–H and O–H groups in total. The number of nitrogens with zero attached hydrogens (tertiary/aromatic N) is 5. The summed E-state index contributed by atoms with van der Waals surface area (Å²) in [5.41, 5.74) is 0.880. The van der Waals surface area contributed by atoms with E-state index in [0.29, 0.717) is 49.1 Å². The molecule has 10 nitrogen and oxygen atoms in total. The highest BCUT2D eigenvalue weighted by atomic mass is 19.1. The molecule has 0 radical (unpaired) electrons. The first kappa shape index (κ1) is 19.8. The Morgan fingerprint density at radius 1 is 1.00 bits per heavy atom. The topological polar surface area (TPSA) is 106 Å². The Balaban J connectivity index is 1.38. The summed E-state index contributed by atoms with van der Waals surface area (Å²) in [5, 5.41) is 14.9. The van der Waals surface area contributed by atoms with Gasteiger partial charge in [0, 0.05) is 37.9 Å². The maximum atomic E-state index is 14.1. The second kappa shape index (κ2) is 8.17. The van der Waals surface area contributed by atoms with E-state index < -0.39 is 4.92 Å². The lowest BCUT2D eigenvalue weighted by Gasteiger charge is -2.36. The van der Waals surface area contributed by atoms with E-state index in [-0.39, 0.29) is 29.9 Å². The van der Waals surface area contributed by atoms with E-state index in [0.717, 1.165) is 0 Å². The third-order valence-electron chi connectivity index (χ3n) is 5.39. The van der Waals surface area contributed by atoms with Crippen molar-refractivity contribution in [3.8, 4) is 11.5 Å². The lowest BCUT2D eigenvalue weighted by atomic mass is 10.2. The number of fused-ring (bicyclic) bond motifs is 1.